The molecule has 2 aliphatic rings. The van der Waals surface area contributed by atoms with E-state index >= 15 is 0 Å². The third kappa shape index (κ3) is 10.0. The summed E-state index contributed by atoms with van der Waals surface area (Å²) in [7, 11) is 3.61. The number of methoxy groups -OCH3 is 1. The number of hydrogen-bond donors (Lipinski definition) is 1. The molecule has 0 saturated carbocycles. The highest BCUT2D eigenvalue weighted by molar-refractivity contribution is 5.73. The first-order valence-electron chi connectivity index (χ1n) is 16.2. The van der Waals surface area contributed by atoms with Gasteiger partial charge in [-0.25, -0.2) is 4.79 Å². The first-order valence-corrected chi connectivity index (χ1v) is 16.2. The number of rotatable bonds is 6. The van der Waals surface area contributed by atoms with Crippen LogP contribution in [0.15, 0.2) is 0 Å². The second kappa shape index (κ2) is 16.1. The van der Waals surface area contributed by atoms with Crippen molar-refractivity contribution in [2.75, 3.05) is 20.7 Å². The Labute approximate surface area is 264 Å². The van der Waals surface area contributed by atoms with Crippen LogP contribution in [0, 0.1) is 23.7 Å². The summed E-state index contributed by atoms with van der Waals surface area (Å²) in [5.41, 5.74) is -2.12. The zero-order valence-electron chi connectivity index (χ0n) is 29.1. The summed E-state index contributed by atoms with van der Waals surface area (Å²) in [4.78, 5) is 39.7. The van der Waals surface area contributed by atoms with E-state index in [2.05, 4.69) is 25.7 Å². The molecule has 11 nitrogen and oxygen atoms in total. The zero-order chi connectivity index (χ0) is 33.6. The summed E-state index contributed by atoms with van der Waals surface area (Å²) in [5, 5.41) is 9.66. The van der Waals surface area contributed by atoms with Crippen LogP contribution in [0.2, 0.25) is 0 Å². The Morgan fingerprint density at radius 3 is 2.20 bits per heavy atom. The lowest BCUT2D eigenvalue weighted by atomic mass is 9.83. The molecule has 1 N–H and O–H groups in total. The standard InChI is InChI=1S/C33H59NO10/c1-13-26-32(9,44-31(37)38)16-22(5)34(11)18-20(3)14-19(2)15-21(4)28(23(6)30(36)42-26)43-27-17-33(10,39-12)29(24(7)40-27)41-25(8)35/h19-24,26-29H,13-18H2,1-12H3,(H,37,38)/t19?,20-,21?,22-,23?,24+,26?,27?,28?,29?,32+,33-/m1/s1. The highest BCUT2D eigenvalue weighted by Gasteiger charge is 2.50. The van der Waals surface area contributed by atoms with Crippen LogP contribution in [0.4, 0.5) is 4.79 Å². The van der Waals surface area contributed by atoms with Crippen LogP contribution in [-0.4, -0.2) is 96.8 Å². The number of carboxylic acid groups (broad SMARTS) is 1. The number of ether oxygens (including phenoxy) is 6. The molecule has 2 heterocycles. The molecule has 11 heteroatoms. The van der Waals surface area contributed by atoms with Crippen molar-refractivity contribution in [3.8, 4) is 0 Å². The fourth-order valence-corrected chi connectivity index (χ4v) is 7.40. The Balaban J connectivity index is 2.46. The van der Waals surface area contributed by atoms with E-state index in [-0.39, 0.29) is 18.4 Å². The molecular weight excluding hydrogens is 570 g/mol. The Morgan fingerprint density at radius 1 is 1.02 bits per heavy atom. The summed E-state index contributed by atoms with van der Waals surface area (Å²) >= 11 is 0. The summed E-state index contributed by atoms with van der Waals surface area (Å²) < 4.78 is 35.9. The molecule has 0 aromatic carbocycles. The molecule has 0 bridgehead atoms. The molecule has 0 aromatic rings. The molecule has 256 valence electrons. The van der Waals surface area contributed by atoms with Crippen LogP contribution in [0.3, 0.4) is 0 Å². The van der Waals surface area contributed by atoms with E-state index in [4.69, 9.17) is 28.4 Å². The van der Waals surface area contributed by atoms with Crippen molar-refractivity contribution in [2.24, 2.45) is 23.7 Å². The van der Waals surface area contributed by atoms with Crippen LogP contribution in [-0.2, 0) is 38.0 Å². The third-order valence-electron chi connectivity index (χ3n) is 9.72. The molecule has 44 heavy (non-hydrogen) atoms. The summed E-state index contributed by atoms with van der Waals surface area (Å²) in [6.45, 7) is 19.8. The highest BCUT2D eigenvalue weighted by Crippen LogP contribution is 2.38. The quantitative estimate of drug-likeness (QED) is 0.288. The predicted molar refractivity (Wildman–Crippen MR) is 165 cm³/mol. The van der Waals surface area contributed by atoms with Crippen LogP contribution >= 0.6 is 0 Å². The van der Waals surface area contributed by atoms with Crippen molar-refractivity contribution in [3.05, 3.63) is 0 Å². The average molecular weight is 630 g/mol. The van der Waals surface area contributed by atoms with Crippen LogP contribution in [0.25, 0.3) is 0 Å². The number of nitrogens with zero attached hydrogens (tertiary/aromatic N) is 1. The van der Waals surface area contributed by atoms with Gasteiger partial charge in [0, 0.05) is 39.5 Å². The van der Waals surface area contributed by atoms with E-state index in [1.54, 1.807) is 21.0 Å². The maximum atomic E-state index is 13.9. The van der Waals surface area contributed by atoms with E-state index < -0.39 is 65.9 Å². The average Bonchev–Trinajstić information content (AvgIpc) is 2.90. The minimum Gasteiger partial charge on any atom is -0.458 e. The molecule has 12 atom stereocenters. The number of hydrogen-bond acceptors (Lipinski definition) is 10. The van der Waals surface area contributed by atoms with Gasteiger partial charge in [-0.15, -0.1) is 0 Å². The molecule has 2 rings (SSSR count). The Morgan fingerprint density at radius 2 is 1.66 bits per heavy atom. The van der Waals surface area contributed by atoms with E-state index in [0.29, 0.717) is 24.7 Å². The highest BCUT2D eigenvalue weighted by atomic mass is 16.7. The smallest absolute Gasteiger partial charge is 0.458 e. The molecular formula is C33H59NO10. The van der Waals surface area contributed by atoms with E-state index in [0.717, 1.165) is 19.4 Å². The van der Waals surface area contributed by atoms with E-state index in [1.165, 1.54) is 6.92 Å². The predicted octanol–water partition coefficient (Wildman–Crippen LogP) is 5.67. The first kappa shape index (κ1) is 38.2. The lowest BCUT2D eigenvalue weighted by Crippen LogP contribution is -2.58. The number of carbonyl (C=O) groups is 3. The first-order chi connectivity index (χ1) is 20.3. The van der Waals surface area contributed by atoms with Crippen molar-refractivity contribution < 1.29 is 47.9 Å². The van der Waals surface area contributed by atoms with Crippen molar-refractivity contribution in [2.45, 2.75) is 149 Å². The second-order valence-electron chi connectivity index (χ2n) is 14.1. The minimum absolute atomic E-state index is 0.0150. The largest absolute Gasteiger partial charge is 0.506 e. The van der Waals surface area contributed by atoms with Gasteiger partial charge >= 0.3 is 18.1 Å². The molecule has 0 aromatic heterocycles. The van der Waals surface area contributed by atoms with Gasteiger partial charge in [0.1, 0.15) is 11.7 Å². The molecule has 0 radical (unpaired) electrons. The van der Waals surface area contributed by atoms with Crippen molar-refractivity contribution >= 4 is 18.1 Å². The molecule has 0 aliphatic carbocycles. The van der Waals surface area contributed by atoms with Gasteiger partial charge < -0.3 is 38.4 Å². The topological polar surface area (TPSA) is 130 Å². The normalized spacial score (nSPS) is 42.0. The fraction of sp³-hybridized carbons (Fsp3) is 0.909. The van der Waals surface area contributed by atoms with Gasteiger partial charge in [0.05, 0.1) is 18.1 Å². The minimum atomic E-state index is -1.41. The molecule has 0 amide bonds. The van der Waals surface area contributed by atoms with Gasteiger partial charge in [-0.05, 0) is 78.7 Å². The van der Waals surface area contributed by atoms with E-state index in [9.17, 15) is 19.5 Å². The van der Waals surface area contributed by atoms with Crippen molar-refractivity contribution in [3.63, 3.8) is 0 Å². The van der Waals surface area contributed by atoms with Gasteiger partial charge in [-0.1, -0.05) is 27.7 Å². The van der Waals surface area contributed by atoms with Gasteiger partial charge in [0.2, 0.25) is 0 Å². The number of cyclic esters (lactones) is 1. The Hall–Kier alpha value is -1.95. The molecule has 0 spiro atoms. The number of carbonyl (C=O) groups excluding carboxylic acids is 2. The second-order valence-corrected chi connectivity index (χ2v) is 14.1. The Kier molecular flexibility index (Phi) is 13.9. The van der Waals surface area contributed by atoms with E-state index in [1.807, 2.05) is 34.7 Å². The zero-order valence-corrected chi connectivity index (χ0v) is 29.1. The summed E-state index contributed by atoms with van der Waals surface area (Å²) in [5.74, 6) is -0.892. The maximum Gasteiger partial charge on any atom is 0.506 e. The third-order valence-corrected chi connectivity index (χ3v) is 9.72. The molecule has 2 aliphatic heterocycles. The lowest BCUT2D eigenvalue weighted by molar-refractivity contribution is -0.298. The monoisotopic (exact) mass is 629 g/mol. The van der Waals surface area contributed by atoms with Crippen LogP contribution in [0.1, 0.15) is 101 Å². The van der Waals surface area contributed by atoms with Gasteiger partial charge in [0.15, 0.2) is 18.0 Å². The van der Waals surface area contributed by atoms with Gasteiger partial charge in [0.25, 0.3) is 0 Å². The maximum absolute atomic E-state index is 13.9. The van der Waals surface area contributed by atoms with Crippen LogP contribution < -0.4 is 0 Å². The SMILES string of the molecule is CCC1OC(=O)C(C)C(OC2C[C@@](C)(OC)C(OC(C)=O)[C@H](C)O2)C(C)CC(C)C[C@@H](C)CN(C)[C@H](C)C[C@]1(C)OC(=O)O. The fourth-order valence-electron chi connectivity index (χ4n) is 7.40. The number of esters is 2. The summed E-state index contributed by atoms with van der Waals surface area (Å²) in [6.07, 6.45) is -1.81. The van der Waals surface area contributed by atoms with Crippen molar-refractivity contribution in [1.29, 1.82) is 0 Å². The van der Waals surface area contributed by atoms with Gasteiger partial charge in [-0.3, -0.25) is 9.59 Å². The summed E-state index contributed by atoms with van der Waals surface area (Å²) in [6, 6.07) is -0.0150. The molecule has 2 saturated heterocycles. The molecule has 7 unspecified atom stereocenters. The van der Waals surface area contributed by atoms with Gasteiger partial charge in [-0.2, -0.15) is 0 Å². The lowest BCUT2D eigenvalue weighted by Gasteiger charge is -2.47. The van der Waals surface area contributed by atoms with Crippen molar-refractivity contribution in [1.82, 2.24) is 4.90 Å². The Bertz CT molecular complexity index is 963. The molecule has 2 fully saturated rings. The van der Waals surface area contributed by atoms with Crippen LogP contribution in [0.5, 0.6) is 0 Å².